The van der Waals surface area contributed by atoms with E-state index in [4.69, 9.17) is 4.42 Å². The lowest BCUT2D eigenvalue weighted by molar-refractivity contribution is 0.669. The fraction of sp³-hybridized carbons (Fsp3) is 0.0385. The minimum atomic E-state index is 0.922. The Morgan fingerprint density at radius 1 is 0.667 bits per heavy atom. The van der Waals surface area contributed by atoms with E-state index in [0.717, 1.165) is 38.7 Å². The van der Waals surface area contributed by atoms with Gasteiger partial charge >= 0.3 is 0 Å². The van der Waals surface area contributed by atoms with Crippen molar-refractivity contribution < 1.29 is 4.42 Å². The molecule has 0 bridgehead atoms. The van der Waals surface area contributed by atoms with Crippen molar-refractivity contribution in [3.63, 3.8) is 0 Å². The molecule has 4 aromatic carbocycles. The second kappa shape index (κ2) is 5.51. The summed E-state index contributed by atoms with van der Waals surface area (Å²) < 4.78 is 10.5. The summed E-state index contributed by atoms with van der Waals surface area (Å²) in [7, 11) is 2.02. The van der Waals surface area contributed by atoms with Crippen LogP contribution < -0.4 is 0 Å². The first-order valence-corrected chi connectivity index (χ1v) is 10.0. The largest absolute Gasteiger partial charge is 0.456 e. The molecular formula is C26H17N3O. The summed E-state index contributed by atoms with van der Waals surface area (Å²) in [6.45, 7) is 0. The third kappa shape index (κ3) is 1.97. The maximum Gasteiger partial charge on any atom is 0.136 e. The number of imidazole rings is 1. The molecule has 0 N–H and O–H groups in total. The van der Waals surface area contributed by atoms with E-state index in [1.165, 1.54) is 21.8 Å². The zero-order valence-electron chi connectivity index (χ0n) is 16.3. The van der Waals surface area contributed by atoms with Gasteiger partial charge in [-0.15, -0.1) is 0 Å². The molecule has 0 spiro atoms. The summed E-state index contributed by atoms with van der Waals surface area (Å²) in [6, 6.07) is 27.7. The molecule has 0 amide bonds. The topological polar surface area (TPSA) is 35.9 Å². The number of furan rings is 1. The Labute approximate surface area is 171 Å². The van der Waals surface area contributed by atoms with Crippen LogP contribution >= 0.6 is 0 Å². The summed E-state index contributed by atoms with van der Waals surface area (Å²) in [4.78, 5) is 4.57. The molecule has 0 aliphatic heterocycles. The Bertz CT molecular complexity index is 1760. The van der Waals surface area contributed by atoms with Crippen molar-refractivity contribution in [2.45, 2.75) is 0 Å². The minimum absolute atomic E-state index is 0.922. The van der Waals surface area contributed by atoms with Crippen LogP contribution in [0.3, 0.4) is 0 Å². The van der Waals surface area contributed by atoms with Crippen molar-refractivity contribution in [3.8, 4) is 5.69 Å². The fourth-order valence-corrected chi connectivity index (χ4v) is 4.73. The second-order valence-corrected chi connectivity index (χ2v) is 7.84. The van der Waals surface area contributed by atoms with Crippen molar-refractivity contribution in [2.24, 2.45) is 7.05 Å². The lowest BCUT2D eigenvalue weighted by Crippen LogP contribution is -1.94. The Hall–Kier alpha value is -4.05. The standard InChI is InChI=1S/C26H17N3O/c1-28-15-27-21-12-16(10-11-23(21)28)29-22-8-4-2-6-17(22)19-14-26-20(13-24(19)29)18-7-3-5-9-25(18)30-26/h2-15H,1H3. The SMILES string of the molecule is Cn1cnc2cc(-n3c4ccccc4c4cc5oc6ccccc6c5cc43)ccc21. The van der Waals surface area contributed by atoms with Gasteiger partial charge in [-0.3, -0.25) is 0 Å². The maximum absolute atomic E-state index is 6.16. The van der Waals surface area contributed by atoms with Crippen molar-refractivity contribution in [1.82, 2.24) is 14.1 Å². The summed E-state index contributed by atoms with van der Waals surface area (Å²) in [6.07, 6.45) is 1.86. The second-order valence-electron chi connectivity index (χ2n) is 7.84. The number of rotatable bonds is 1. The number of benzene rings is 4. The smallest absolute Gasteiger partial charge is 0.136 e. The maximum atomic E-state index is 6.16. The van der Waals surface area contributed by atoms with Gasteiger partial charge in [0.05, 0.1) is 28.4 Å². The van der Waals surface area contributed by atoms with Gasteiger partial charge in [-0.2, -0.15) is 0 Å². The molecule has 0 saturated carbocycles. The molecule has 0 aliphatic rings. The molecule has 0 fully saturated rings. The Balaban J connectivity index is 1.66. The van der Waals surface area contributed by atoms with E-state index in [1.807, 2.05) is 30.1 Å². The molecule has 0 atom stereocenters. The molecule has 7 rings (SSSR count). The van der Waals surface area contributed by atoms with Crippen LogP contribution in [0.2, 0.25) is 0 Å². The first kappa shape index (κ1) is 15.8. The van der Waals surface area contributed by atoms with Gasteiger partial charge in [-0.25, -0.2) is 4.98 Å². The quantitative estimate of drug-likeness (QED) is 0.319. The molecule has 0 aliphatic carbocycles. The number of aromatic nitrogens is 3. The van der Waals surface area contributed by atoms with Crippen molar-refractivity contribution in [2.75, 3.05) is 0 Å². The van der Waals surface area contributed by atoms with Gasteiger partial charge in [0.1, 0.15) is 11.2 Å². The van der Waals surface area contributed by atoms with Gasteiger partial charge < -0.3 is 13.6 Å². The number of fused-ring (bicyclic) bond motifs is 7. The highest BCUT2D eigenvalue weighted by atomic mass is 16.3. The van der Waals surface area contributed by atoms with Crippen molar-refractivity contribution in [1.29, 1.82) is 0 Å². The van der Waals surface area contributed by atoms with E-state index in [9.17, 15) is 0 Å². The van der Waals surface area contributed by atoms with Gasteiger partial charge in [0.25, 0.3) is 0 Å². The summed E-state index contributed by atoms with van der Waals surface area (Å²) in [5, 5.41) is 4.70. The molecule has 0 unspecified atom stereocenters. The highest BCUT2D eigenvalue weighted by molar-refractivity contribution is 6.17. The molecular weight excluding hydrogens is 370 g/mol. The molecule has 142 valence electrons. The third-order valence-corrected chi connectivity index (χ3v) is 6.14. The summed E-state index contributed by atoms with van der Waals surface area (Å²) >= 11 is 0. The van der Waals surface area contributed by atoms with E-state index >= 15 is 0 Å². The van der Waals surface area contributed by atoms with Crippen LogP contribution in [-0.4, -0.2) is 14.1 Å². The highest BCUT2D eigenvalue weighted by Crippen LogP contribution is 2.38. The van der Waals surface area contributed by atoms with E-state index in [-0.39, 0.29) is 0 Å². The van der Waals surface area contributed by atoms with Crippen LogP contribution in [0.1, 0.15) is 0 Å². The Morgan fingerprint density at radius 2 is 1.50 bits per heavy atom. The Morgan fingerprint density at radius 3 is 2.43 bits per heavy atom. The van der Waals surface area contributed by atoms with Gasteiger partial charge in [-0.1, -0.05) is 36.4 Å². The first-order valence-electron chi connectivity index (χ1n) is 10.0. The first-order chi connectivity index (χ1) is 14.8. The molecule has 0 radical (unpaired) electrons. The minimum Gasteiger partial charge on any atom is -0.456 e. The summed E-state index contributed by atoms with van der Waals surface area (Å²) in [5.41, 5.74) is 7.43. The summed E-state index contributed by atoms with van der Waals surface area (Å²) in [5.74, 6) is 0. The molecule has 4 heteroatoms. The van der Waals surface area contributed by atoms with Crippen LogP contribution in [0.25, 0.3) is 60.5 Å². The zero-order chi connectivity index (χ0) is 19.8. The normalized spacial score (nSPS) is 12.2. The van der Waals surface area contributed by atoms with Crippen LogP contribution in [-0.2, 0) is 7.05 Å². The van der Waals surface area contributed by atoms with E-state index in [0.29, 0.717) is 0 Å². The lowest BCUT2D eigenvalue weighted by Gasteiger charge is -2.08. The van der Waals surface area contributed by atoms with Crippen LogP contribution in [0.4, 0.5) is 0 Å². The lowest BCUT2D eigenvalue weighted by atomic mass is 10.1. The molecule has 3 aromatic heterocycles. The van der Waals surface area contributed by atoms with Crippen molar-refractivity contribution in [3.05, 3.63) is 85.2 Å². The van der Waals surface area contributed by atoms with E-state index < -0.39 is 0 Å². The third-order valence-electron chi connectivity index (χ3n) is 6.14. The molecule has 0 saturated heterocycles. The fourth-order valence-electron chi connectivity index (χ4n) is 4.73. The van der Waals surface area contributed by atoms with Gasteiger partial charge in [0.15, 0.2) is 0 Å². The molecule has 4 nitrogen and oxygen atoms in total. The van der Waals surface area contributed by atoms with E-state index in [2.05, 4.69) is 76.3 Å². The molecule has 30 heavy (non-hydrogen) atoms. The van der Waals surface area contributed by atoms with Crippen molar-refractivity contribution >= 4 is 54.8 Å². The van der Waals surface area contributed by atoms with Crippen LogP contribution in [0.15, 0.2) is 89.6 Å². The Kier molecular flexibility index (Phi) is 2.91. The number of hydrogen-bond acceptors (Lipinski definition) is 2. The van der Waals surface area contributed by atoms with Gasteiger partial charge in [-0.05, 0) is 42.5 Å². The van der Waals surface area contributed by atoms with Gasteiger partial charge in [0, 0.05) is 34.3 Å². The molecule has 7 aromatic rings. The number of nitrogens with zero attached hydrogens (tertiary/aromatic N) is 3. The van der Waals surface area contributed by atoms with Gasteiger partial charge in [0.2, 0.25) is 0 Å². The number of aryl methyl sites for hydroxylation is 1. The highest BCUT2D eigenvalue weighted by Gasteiger charge is 2.16. The average Bonchev–Trinajstić information content (AvgIpc) is 3.43. The zero-order valence-corrected chi connectivity index (χ0v) is 16.3. The van der Waals surface area contributed by atoms with E-state index in [1.54, 1.807) is 0 Å². The molecule has 3 heterocycles. The predicted octanol–water partition coefficient (Wildman–Crippen LogP) is 6.57. The predicted molar refractivity (Wildman–Crippen MR) is 122 cm³/mol. The number of hydrogen-bond donors (Lipinski definition) is 0. The average molecular weight is 387 g/mol. The number of para-hydroxylation sites is 2. The van der Waals surface area contributed by atoms with Crippen LogP contribution in [0.5, 0.6) is 0 Å². The monoisotopic (exact) mass is 387 g/mol. The van der Waals surface area contributed by atoms with Crippen LogP contribution in [0, 0.1) is 0 Å².